The predicted molar refractivity (Wildman–Crippen MR) is 87.0 cm³/mol. The quantitative estimate of drug-likeness (QED) is 0.886. The Labute approximate surface area is 137 Å². The molecule has 2 amide bonds. The monoisotopic (exact) mass is 318 g/mol. The lowest BCUT2D eigenvalue weighted by Gasteiger charge is -2.25. The van der Waals surface area contributed by atoms with Crippen molar-refractivity contribution < 1.29 is 9.59 Å². The minimum absolute atomic E-state index is 0.0155. The number of nitrogens with one attached hydrogen (secondary N) is 2. The van der Waals surface area contributed by atoms with Crippen molar-refractivity contribution in [3.63, 3.8) is 0 Å². The van der Waals surface area contributed by atoms with Gasteiger partial charge in [0.2, 0.25) is 5.91 Å². The van der Waals surface area contributed by atoms with E-state index in [9.17, 15) is 9.59 Å². The number of hydrogen-bond donors (Lipinski definition) is 2. The molecule has 2 aliphatic rings. The molecule has 2 N–H and O–H groups in total. The zero-order chi connectivity index (χ0) is 16.4. The molecular weight excluding hydrogens is 292 g/mol. The molecule has 0 spiro atoms. The van der Waals surface area contributed by atoms with Crippen LogP contribution in [0.2, 0.25) is 0 Å². The number of carbonyl (C=O) groups excluding carboxylic acids is 2. The van der Waals surface area contributed by atoms with Gasteiger partial charge in [-0.1, -0.05) is 12.8 Å². The van der Waals surface area contributed by atoms with Crippen molar-refractivity contribution in [2.24, 2.45) is 5.92 Å². The van der Waals surface area contributed by atoms with E-state index >= 15 is 0 Å². The summed E-state index contributed by atoms with van der Waals surface area (Å²) in [5.74, 6) is 0.0188. The Kier molecular flexibility index (Phi) is 4.68. The number of imidazole rings is 1. The van der Waals surface area contributed by atoms with E-state index in [1.807, 2.05) is 18.4 Å². The smallest absolute Gasteiger partial charge is 0.271 e. The highest BCUT2D eigenvalue weighted by Gasteiger charge is 2.30. The highest BCUT2D eigenvalue weighted by atomic mass is 16.2. The van der Waals surface area contributed by atoms with Crippen molar-refractivity contribution in [3.8, 4) is 0 Å². The summed E-state index contributed by atoms with van der Waals surface area (Å²) >= 11 is 0. The Morgan fingerprint density at radius 3 is 2.70 bits per heavy atom. The van der Waals surface area contributed by atoms with Gasteiger partial charge in [0.1, 0.15) is 5.69 Å². The second kappa shape index (κ2) is 6.72. The van der Waals surface area contributed by atoms with Crippen molar-refractivity contribution in [1.29, 1.82) is 0 Å². The summed E-state index contributed by atoms with van der Waals surface area (Å²) in [4.78, 5) is 28.9. The SMILES string of the molecule is CC(C)NC(=O)c1ncn2c1CCC(C(=O)NC1CCCC1)C2. The number of nitrogens with zero attached hydrogens (tertiary/aromatic N) is 2. The maximum absolute atomic E-state index is 12.4. The molecule has 0 bridgehead atoms. The predicted octanol–water partition coefficient (Wildman–Crippen LogP) is 1.64. The Morgan fingerprint density at radius 2 is 2.00 bits per heavy atom. The van der Waals surface area contributed by atoms with Crippen LogP contribution < -0.4 is 10.6 Å². The molecule has 1 aliphatic heterocycles. The van der Waals surface area contributed by atoms with Crippen LogP contribution in [0.25, 0.3) is 0 Å². The van der Waals surface area contributed by atoms with Gasteiger partial charge in [-0.05, 0) is 39.5 Å². The molecule has 0 saturated heterocycles. The number of aromatic nitrogens is 2. The minimum Gasteiger partial charge on any atom is -0.353 e. The van der Waals surface area contributed by atoms with E-state index in [2.05, 4.69) is 15.6 Å². The lowest BCUT2D eigenvalue weighted by molar-refractivity contribution is -0.126. The van der Waals surface area contributed by atoms with Gasteiger partial charge in [0, 0.05) is 18.6 Å². The van der Waals surface area contributed by atoms with Gasteiger partial charge in [0.25, 0.3) is 5.91 Å². The van der Waals surface area contributed by atoms with Crippen LogP contribution in [0, 0.1) is 5.92 Å². The number of carbonyl (C=O) groups is 2. The number of hydrogen-bond acceptors (Lipinski definition) is 3. The summed E-state index contributed by atoms with van der Waals surface area (Å²) in [7, 11) is 0. The molecule has 126 valence electrons. The van der Waals surface area contributed by atoms with Gasteiger partial charge >= 0.3 is 0 Å². The average molecular weight is 318 g/mol. The molecule has 3 rings (SSSR count). The van der Waals surface area contributed by atoms with E-state index in [-0.39, 0.29) is 23.8 Å². The molecule has 6 nitrogen and oxygen atoms in total. The molecule has 1 aliphatic carbocycles. The molecule has 1 unspecified atom stereocenters. The molecule has 1 saturated carbocycles. The van der Waals surface area contributed by atoms with Gasteiger partial charge in [-0.15, -0.1) is 0 Å². The maximum Gasteiger partial charge on any atom is 0.271 e. The zero-order valence-corrected chi connectivity index (χ0v) is 14.0. The first-order chi connectivity index (χ1) is 11.0. The largest absolute Gasteiger partial charge is 0.353 e. The van der Waals surface area contributed by atoms with Crippen LogP contribution in [-0.4, -0.2) is 33.4 Å². The van der Waals surface area contributed by atoms with Crippen molar-refractivity contribution in [1.82, 2.24) is 20.2 Å². The van der Waals surface area contributed by atoms with Gasteiger partial charge in [-0.2, -0.15) is 0 Å². The Bertz CT molecular complexity index is 587. The fraction of sp³-hybridized carbons (Fsp3) is 0.706. The molecule has 1 atom stereocenters. The summed E-state index contributed by atoms with van der Waals surface area (Å²) in [5.41, 5.74) is 1.46. The van der Waals surface area contributed by atoms with Crippen LogP contribution in [0.1, 0.15) is 62.1 Å². The highest BCUT2D eigenvalue weighted by Crippen LogP contribution is 2.24. The van der Waals surface area contributed by atoms with Gasteiger partial charge < -0.3 is 15.2 Å². The van der Waals surface area contributed by atoms with E-state index in [0.29, 0.717) is 18.3 Å². The average Bonchev–Trinajstić information content (AvgIpc) is 3.14. The minimum atomic E-state index is -0.123. The highest BCUT2D eigenvalue weighted by molar-refractivity contribution is 5.93. The van der Waals surface area contributed by atoms with Gasteiger partial charge in [0.15, 0.2) is 0 Å². The molecule has 0 radical (unpaired) electrons. The van der Waals surface area contributed by atoms with Crippen LogP contribution in [0.4, 0.5) is 0 Å². The molecule has 1 aromatic rings. The van der Waals surface area contributed by atoms with Crippen molar-refractivity contribution in [2.45, 2.75) is 71.0 Å². The molecular formula is C17H26N4O2. The van der Waals surface area contributed by atoms with Crippen LogP contribution in [-0.2, 0) is 17.8 Å². The van der Waals surface area contributed by atoms with Crippen molar-refractivity contribution in [3.05, 3.63) is 17.7 Å². The first kappa shape index (κ1) is 16.0. The molecule has 0 aromatic carbocycles. The van der Waals surface area contributed by atoms with E-state index in [1.54, 1.807) is 6.33 Å². The summed E-state index contributed by atoms with van der Waals surface area (Å²) in [6, 6.07) is 0.451. The van der Waals surface area contributed by atoms with Crippen molar-refractivity contribution in [2.75, 3.05) is 0 Å². The van der Waals surface area contributed by atoms with Crippen LogP contribution in [0.3, 0.4) is 0 Å². The number of amides is 2. The topological polar surface area (TPSA) is 76.0 Å². The van der Waals surface area contributed by atoms with E-state index in [0.717, 1.165) is 31.4 Å². The Morgan fingerprint density at radius 1 is 1.26 bits per heavy atom. The van der Waals surface area contributed by atoms with Gasteiger partial charge in [-0.3, -0.25) is 9.59 Å². The lowest BCUT2D eigenvalue weighted by Crippen LogP contribution is -2.40. The maximum atomic E-state index is 12.4. The summed E-state index contributed by atoms with van der Waals surface area (Å²) in [6.45, 7) is 4.49. The third-order valence-corrected chi connectivity index (χ3v) is 4.80. The first-order valence-corrected chi connectivity index (χ1v) is 8.70. The second-order valence-electron chi connectivity index (χ2n) is 7.05. The number of rotatable bonds is 4. The lowest BCUT2D eigenvalue weighted by atomic mass is 9.95. The molecule has 2 heterocycles. The summed E-state index contributed by atoms with van der Waals surface area (Å²) < 4.78 is 1.97. The van der Waals surface area contributed by atoms with E-state index < -0.39 is 0 Å². The molecule has 1 aromatic heterocycles. The molecule has 1 fully saturated rings. The molecule has 23 heavy (non-hydrogen) atoms. The van der Waals surface area contributed by atoms with Crippen molar-refractivity contribution >= 4 is 11.8 Å². The summed E-state index contributed by atoms with van der Waals surface area (Å²) in [6.07, 6.45) is 7.85. The zero-order valence-electron chi connectivity index (χ0n) is 14.0. The Balaban J connectivity index is 1.64. The normalized spacial score (nSPS) is 21.3. The van der Waals surface area contributed by atoms with E-state index in [1.165, 1.54) is 12.8 Å². The van der Waals surface area contributed by atoms with Crippen LogP contribution >= 0.6 is 0 Å². The van der Waals surface area contributed by atoms with Crippen LogP contribution in [0.15, 0.2) is 6.33 Å². The first-order valence-electron chi connectivity index (χ1n) is 8.70. The van der Waals surface area contributed by atoms with Gasteiger partial charge in [0.05, 0.1) is 17.9 Å². The fourth-order valence-corrected chi connectivity index (χ4v) is 3.59. The molecule has 6 heteroatoms. The van der Waals surface area contributed by atoms with Gasteiger partial charge in [-0.25, -0.2) is 4.98 Å². The Hall–Kier alpha value is -1.85. The third kappa shape index (κ3) is 3.57. The number of fused-ring (bicyclic) bond motifs is 1. The fourth-order valence-electron chi connectivity index (χ4n) is 3.59. The van der Waals surface area contributed by atoms with E-state index in [4.69, 9.17) is 0 Å². The third-order valence-electron chi connectivity index (χ3n) is 4.80. The summed E-state index contributed by atoms with van der Waals surface area (Å²) in [5, 5.41) is 6.07. The second-order valence-corrected chi connectivity index (χ2v) is 7.05. The van der Waals surface area contributed by atoms with Crippen LogP contribution in [0.5, 0.6) is 0 Å². The standard InChI is InChI=1S/C17H26N4O2/c1-11(2)19-17(23)15-14-8-7-12(9-21(14)10-18-15)16(22)20-13-5-3-4-6-13/h10-13H,3-9H2,1-2H3,(H,19,23)(H,20,22).